The number of hydrogen-bond donors (Lipinski definition) is 0. The lowest BCUT2D eigenvalue weighted by Crippen LogP contribution is -2.12. The van der Waals surface area contributed by atoms with Crippen molar-refractivity contribution in [3.8, 4) is 50.2 Å². The third kappa shape index (κ3) is 7.22. The zero-order chi connectivity index (χ0) is 43.7. The molecule has 2 heteroatoms. The molecule has 0 aliphatic carbocycles. The van der Waals surface area contributed by atoms with Gasteiger partial charge in [-0.25, -0.2) is 0 Å². The molecule has 0 aliphatic heterocycles. The fourth-order valence-corrected chi connectivity index (χ4v) is 9.64. The van der Waals surface area contributed by atoms with E-state index in [2.05, 4.69) is 266 Å². The van der Waals surface area contributed by atoms with Crippen LogP contribution in [0.4, 0.5) is 17.1 Å². The molecule has 10 aromatic carbocycles. The first-order valence-corrected chi connectivity index (χ1v) is 22.3. The van der Waals surface area contributed by atoms with E-state index in [0.717, 1.165) is 56.1 Å². The highest BCUT2D eigenvalue weighted by molar-refractivity contribution is 6.09. The summed E-state index contributed by atoms with van der Waals surface area (Å²) in [7, 11) is 0. The van der Waals surface area contributed by atoms with Gasteiger partial charge in [-0.1, -0.05) is 195 Å². The van der Waals surface area contributed by atoms with Crippen molar-refractivity contribution >= 4 is 61.8 Å². The highest BCUT2D eigenvalue weighted by Crippen LogP contribution is 2.45. The molecule has 2 nitrogen and oxygen atoms in total. The normalized spacial score (nSPS) is 11.5. The topological polar surface area (TPSA) is 8.17 Å². The minimum atomic E-state index is 1.06. The molecule has 0 saturated heterocycles. The molecule has 308 valence electrons. The minimum Gasteiger partial charge on any atom is -0.310 e. The number of nitrogens with zero attached hydrogens (tertiary/aromatic N) is 2. The van der Waals surface area contributed by atoms with Crippen LogP contribution in [0.15, 0.2) is 243 Å². The van der Waals surface area contributed by atoms with Crippen molar-refractivity contribution in [2.75, 3.05) is 4.90 Å². The Morgan fingerprint density at radius 3 is 1.58 bits per heavy atom. The van der Waals surface area contributed by atoms with Gasteiger partial charge in [0.25, 0.3) is 0 Å². The number of anilines is 3. The van der Waals surface area contributed by atoms with E-state index < -0.39 is 0 Å². The summed E-state index contributed by atoms with van der Waals surface area (Å²) < 4.78 is 2.38. The van der Waals surface area contributed by atoms with Crippen LogP contribution in [0.5, 0.6) is 0 Å². The molecule has 1 aromatic heterocycles. The highest BCUT2D eigenvalue weighted by Gasteiger charge is 2.21. The smallest absolute Gasteiger partial charge is 0.0546 e. The van der Waals surface area contributed by atoms with Gasteiger partial charge in [-0.2, -0.15) is 0 Å². The van der Waals surface area contributed by atoms with Crippen molar-refractivity contribution in [1.82, 2.24) is 4.57 Å². The number of para-hydroxylation sites is 2. The minimum absolute atomic E-state index is 1.06. The predicted molar refractivity (Wildman–Crippen MR) is 280 cm³/mol. The molecule has 11 rings (SSSR count). The van der Waals surface area contributed by atoms with Gasteiger partial charge in [0, 0.05) is 33.4 Å². The molecular weight excluding hydrogens is 785 g/mol. The summed E-state index contributed by atoms with van der Waals surface area (Å²) in [6, 6.07) is 83.8. The molecule has 0 fully saturated rings. The molecule has 1 heterocycles. The Labute approximate surface area is 381 Å². The number of benzene rings is 10. The van der Waals surface area contributed by atoms with E-state index in [0.29, 0.717) is 0 Å². The van der Waals surface area contributed by atoms with Crippen molar-refractivity contribution in [2.24, 2.45) is 0 Å². The van der Waals surface area contributed by atoms with Crippen molar-refractivity contribution in [1.29, 1.82) is 0 Å². The summed E-state index contributed by atoms with van der Waals surface area (Å²) in [4.78, 5) is 2.43. The first-order valence-electron chi connectivity index (χ1n) is 22.3. The summed E-state index contributed by atoms with van der Waals surface area (Å²) in [5, 5.41) is 4.88. The quantitative estimate of drug-likeness (QED) is 0.133. The Morgan fingerprint density at radius 2 is 0.938 bits per heavy atom. The summed E-state index contributed by atoms with van der Waals surface area (Å²) in [6.45, 7) is 6.29. The Morgan fingerprint density at radius 1 is 0.400 bits per heavy atom. The molecule has 0 radical (unpaired) electrons. The van der Waals surface area contributed by atoms with E-state index in [1.54, 1.807) is 0 Å². The predicted octanol–water partition coefficient (Wildman–Crippen LogP) is 17.8. The first kappa shape index (κ1) is 39.4. The van der Waals surface area contributed by atoms with Gasteiger partial charge in [0.15, 0.2) is 0 Å². The average molecular weight is 831 g/mol. The molecule has 65 heavy (non-hydrogen) atoms. The van der Waals surface area contributed by atoms with Crippen LogP contribution in [-0.4, -0.2) is 4.57 Å². The van der Waals surface area contributed by atoms with Crippen LogP contribution in [0.1, 0.15) is 18.1 Å². The van der Waals surface area contributed by atoms with Crippen LogP contribution >= 0.6 is 0 Å². The van der Waals surface area contributed by atoms with Crippen LogP contribution in [0.2, 0.25) is 0 Å². The van der Waals surface area contributed by atoms with E-state index in [9.17, 15) is 0 Å². The molecule has 0 aliphatic rings. The number of aromatic nitrogens is 1. The largest absolute Gasteiger partial charge is 0.310 e. The van der Waals surface area contributed by atoms with E-state index in [-0.39, 0.29) is 0 Å². The van der Waals surface area contributed by atoms with Gasteiger partial charge in [0.1, 0.15) is 0 Å². The van der Waals surface area contributed by atoms with Gasteiger partial charge in [0.2, 0.25) is 0 Å². The van der Waals surface area contributed by atoms with Crippen molar-refractivity contribution < 1.29 is 0 Å². The summed E-state index contributed by atoms with van der Waals surface area (Å²) >= 11 is 0. The maximum atomic E-state index is 4.23. The van der Waals surface area contributed by atoms with Crippen molar-refractivity contribution in [2.45, 2.75) is 6.92 Å². The second-order valence-corrected chi connectivity index (χ2v) is 16.5. The van der Waals surface area contributed by atoms with E-state index in [1.165, 1.54) is 54.8 Å². The van der Waals surface area contributed by atoms with Crippen LogP contribution in [0, 0.1) is 0 Å². The van der Waals surface area contributed by atoms with Gasteiger partial charge < -0.3 is 9.47 Å². The highest BCUT2D eigenvalue weighted by atomic mass is 15.1. The number of allylic oxidation sites excluding steroid dienone is 1. The Bertz CT molecular complexity index is 3490. The van der Waals surface area contributed by atoms with Crippen LogP contribution < -0.4 is 4.90 Å². The molecule has 11 aromatic rings. The lowest BCUT2D eigenvalue weighted by Gasteiger charge is -2.29. The molecular formula is C63H46N2. The van der Waals surface area contributed by atoms with Crippen LogP contribution in [0.25, 0.3) is 94.9 Å². The summed E-state index contributed by atoms with van der Waals surface area (Å²) in [5.74, 6) is 0. The van der Waals surface area contributed by atoms with Gasteiger partial charge in [-0.15, -0.1) is 0 Å². The fourth-order valence-electron chi connectivity index (χ4n) is 9.64. The zero-order valence-electron chi connectivity index (χ0n) is 36.3. The second-order valence-electron chi connectivity index (χ2n) is 16.5. The molecule has 0 spiro atoms. The number of hydrogen-bond acceptors (Lipinski definition) is 1. The van der Waals surface area contributed by atoms with Gasteiger partial charge in [-0.3, -0.25) is 0 Å². The SMILES string of the molecule is C=Cc1c(/C=C\C)ccc2c(-c3ccc(-c4ccccc4)c(N(c4ccc(-c5cccc(-c6ccccc6)c5)cc4)c4ccc(-n5c6ccccc6c6ccccc65)cc4)c3)cccc12. The van der Waals surface area contributed by atoms with E-state index >= 15 is 0 Å². The monoisotopic (exact) mass is 830 g/mol. The third-order valence-electron chi connectivity index (χ3n) is 12.7. The molecule has 0 unspecified atom stereocenters. The van der Waals surface area contributed by atoms with Gasteiger partial charge in [0.05, 0.1) is 16.7 Å². The standard InChI is InChI=1S/C63H46N2/c1-3-17-46-32-41-58-55(26-16-27-57(58)54(46)4-2)50-33-40-56(47-20-9-6-10-21-47)63(43-50)64(51-34-30-45(31-35-51)49-23-15-22-48(42-49)44-18-7-5-8-19-44)52-36-38-53(39-37-52)65-61-28-13-11-24-59(61)60-25-12-14-29-62(60)65/h3-43H,2H2,1H3/b17-3-. The molecule has 0 amide bonds. The molecule has 0 N–H and O–H groups in total. The Kier molecular flexibility index (Phi) is 10.3. The van der Waals surface area contributed by atoms with Crippen molar-refractivity contribution in [3.63, 3.8) is 0 Å². The van der Waals surface area contributed by atoms with Crippen LogP contribution in [0.3, 0.4) is 0 Å². The van der Waals surface area contributed by atoms with Crippen LogP contribution in [-0.2, 0) is 0 Å². The lowest BCUT2D eigenvalue weighted by atomic mass is 9.91. The molecule has 0 atom stereocenters. The maximum Gasteiger partial charge on any atom is 0.0546 e. The van der Waals surface area contributed by atoms with E-state index in [1.807, 2.05) is 6.08 Å². The average Bonchev–Trinajstić information content (AvgIpc) is 3.71. The summed E-state index contributed by atoms with van der Waals surface area (Å²) in [6.07, 6.45) is 6.23. The fraction of sp³-hybridized carbons (Fsp3) is 0.0159. The number of fused-ring (bicyclic) bond motifs is 4. The molecule has 0 bridgehead atoms. The second kappa shape index (κ2) is 17.0. The molecule has 0 saturated carbocycles. The van der Waals surface area contributed by atoms with Gasteiger partial charge in [-0.05, 0) is 128 Å². The zero-order valence-corrected chi connectivity index (χ0v) is 36.3. The van der Waals surface area contributed by atoms with E-state index in [4.69, 9.17) is 0 Å². The first-order chi connectivity index (χ1) is 32.2. The van der Waals surface area contributed by atoms with Gasteiger partial charge >= 0.3 is 0 Å². The Balaban J connectivity index is 1.10. The number of rotatable bonds is 10. The summed E-state index contributed by atoms with van der Waals surface area (Å²) in [5.41, 5.74) is 18.4. The lowest BCUT2D eigenvalue weighted by molar-refractivity contribution is 1.17. The maximum absolute atomic E-state index is 4.23. The van der Waals surface area contributed by atoms with Crippen molar-refractivity contribution in [3.05, 3.63) is 254 Å². The Hall–Kier alpha value is -8.46. The third-order valence-corrected chi connectivity index (χ3v) is 12.7.